The molecule has 3 fully saturated rings. The first-order valence-corrected chi connectivity index (χ1v) is 6.55. The van der Waals surface area contributed by atoms with E-state index in [9.17, 15) is 9.59 Å². The lowest BCUT2D eigenvalue weighted by molar-refractivity contribution is -0.147. The van der Waals surface area contributed by atoms with Gasteiger partial charge in [-0.1, -0.05) is 6.42 Å². The molecule has 1 saturated heterocycles. The van der Waals surface area contributed by atoms with Gasteiger partial charge in [0.2, 0.25) is 5.91 Å². The number of likely N-dealkylation sites (tertiary alicyclic amines) is 1. The normalized spacial score (nSPS) is 43.6. The molecule has 0 aromatic heterocycles. The van der Waals surface area contributed by atoms with Crippen LogP contribution in [0.2, 0.25) is 0 Å². The number of nitrogens with zero attached hydrogens (tertiary/aromatic N) is 1. The molecule has 0 bridgehead atoms. The van der Waals surface area contributed by atoms with Crippen LogP contribution in [-0.2, 0) is 9.59 Å². The summed E-state index contributed by atoms with van der Waals surface area (Å²) in [4.78, 5) is 25.2. The predicted octanol–water partition coefficient (Wildman–Crippen LogP) is 1.36. The van der Waals surface area contributed by atoms with Crippen LogP contribution in [0.25, 0.3) is 0 Å². The lowest BCUT2D eigenvalue weighted by atomic mass is 9.90. The summed E-state index contributed by atoms with van der Waals surface area (Å²) in [5, 5.41) is 9.15. The zero-order valence-electron chi connectivity index (χ0n) is 10.2. The molecule has 1 amide bonds. The summed E-state index contributed by atoms with van der Waals surface area (Å²) in [6, 6.07) is 0. The maximum absolute atomic E-state index is 12.3. The molecule has 1 aliphatic heterocycles. The Hall–Kier alpha value is -1.06. The number of aliphatic carboxylic acids is 1. The Morgan fingerprint density at radius 2 is 1.94 bits per heavy atom. The van der Waals surface area contributed by atoms with E-state index in [0.717, 1.165) is 0 Å². The molecule has 17 heavy (non-hydrogen) atoms. The van der Waals surface area contributed by atoms with E-state index in [4.69, 9.17) is 5.11 Å². The first-order valence-electron chi connectivity index (χ1n) is 6.55. The van der Waals surface area contributed by atoms with Crippen molar-refractivity contribution in [1.29, 1.82) is 0 Å². The zero-order valence-corrected chi connectivity index (χ0v) is 10.2. The van der Waals surface area contributed by atoms with Gasteiger partial charge in [0.1, 0.15) is 0 Å². The molecule has 2 aliphatic carbocycles. The molecule has 0 spiro atoms. The monoisotopic (exact) mass is 237 g/mol. The standard InChI is InChI=1S/C13H19NO3/c1-13(12(16)17)5-6-14(7-13)11(15)10-8-3-2-4-9(8)10/h8-10H,2-7H2,1H3,(H,16,17). The molecule has 4 heteroatoms. The van der Waals surface area contributed by atoms with Gasteiger partial charge in [0.15, 0.2) is 0 Å². The van der Waals surface area contributed by atoms with Gasteiger partial charge >= 0.3 is 5.97 Å². The van der Waals surface area contributed by atoms with Crippen LogP contribution in [0.3, 0.4) is 0 Å². The first kappa shape index (κ1) is 11.1. The van der Waals surface area contributed by atoms with Crippen LogP contribution in [0.15, 0.2) is 0 Å². The Kier molecular flexibility index (Phi) is 2.25. The Morgan fingerprint density at radius 3 is 2.47 bits per heavy atom. The van der Waals surface area contributed by atoms with Crippen LogP contribution in [0.4, 0.5) is 0 Å². The van der Waals surface area contributed by atoms with Gasteiger partial charge in [0.25, 0.3) is 0 Å². The Bertz CT molecular complexity index is 371. The molecule has 0 aromatic carbocycles. The number of rotatable bonds is 2. The molecular weight excluding hydrogens is 218 g/mol. The van der Waals surface area contributed by atoms with Crippen molar-refractivity contribution in [3.63, 3.8) is 0 Å². The van der Waals surface area contributed by atoms with Gasteiger partial charge in [-0.05, 0) is 38.0 Å². The third kappa shape index (κ3) is 1.57. The van der Waals surface area contributed by atoms with Crippen LogP contribution in [0.1, 0.15) is 32.6 Å². The number of amides is 1. The number of hydrogen-bond donors (Lipinski definition) is 1. The van der Waals surface area contributed by atoms with Crippen molar-refractivity contribution >= 4 is 11.9 Å². The minimum atomic E-state index is -0.774. The van der Waals surface area contributed by atoms with Crippen molar-refractivity contribution in [1.82, 2.24) is 4.90 Å². The second kappa shape index (κ2) is 3.47. The van der Waals surface area contributed by atoms with Crippen molar-refractivity contribution < 1.29 is 14.7 Å². The van der Waals surface area contributed by atoms with E-state index >= 15 is 0 Å². The predicted molar refractivity (Wildman–Crippen MR) is 61.3 cm³/mol. The number of carbonyl (C=O) groups is 2. The molecular formula is C13H19NO3. The van der Waals surface area contributed by atoms with Gasteiger partial charge in [-0.2, -0.15) is 0 Å². The second-order valence-corrected chi connectivity index (χ2v) is 6.16. The largest absolute Gasteiger partial charge is 0.481 e. The molecule has 2 saturated carbocycles. The molecule has 3 aliphatic rings. The zero-order chi connectivity index (χ0) is 12.2. The highest BCUT2D eigenvalue weighted by molar-refractivity contribution is 5.84. The molecule has 3 atom stereocenters. The summed E-state index contributed by atoms with van der Waals surface area (Å²) < 4.78 is 0. The molecule has 1 N–H and O–H groups in total. The van der Waals surface area contributed by atoms with E-state index < -0.39 is 11.4 Å². The maximum atomic E-state index is 12.3. The minimum Gasteiger partial charge on any atom is -0.481 e. The molecule has 3 unspecified atom stereocenters. The second-order valence-electron chi connectivity index (χ2n) is 6.16. The molecule has 0 aromatic rings. The molecule has 4 nitrogen and oxygen atoms in total. The number of carboxylic acids is 1. The van der Waals surface area contributed by atoms with Crippen molar-refractivity contribution in [3.05, 3.63) is 0 Å². The van der Waals surface area contributed by atoms with Crippen molar-refractivity contribution in [2.24, 2.45) is 23.2 Å². The van der Waals surface area contributed by atoms with E-state index in [-0.39, 0.29) is 11.8 Å². The lowest BCUT2D eigenvalue weighted by Crippen LogP contribution is -2.36. The summed E-state index contributed by atoms with van der Waals surface area (Å²) in [6.07, 6.45) is 4.26. The molecule has 0 radical (unpaired) electrons. The van der Waals surface area contributed by atoms with Crippen molar-refractivity contribution in [2.45, 2.75) is 32.6 Å². The fraction of sp³-hybridized carbons (Fsp3) is 0.846. The SMILES string of the molecule is CC1(C(=O)O)CCN(C(=O)C2C3CCCC32)C1. The van der Waals surface area contributed by atoms with Crippen molar-refractivity contribution in [2.75, 3.05) is 13.1 Å². The quantitative estimate of drug-likeness (QED) is 0.788. The Balaban J connectivity index is 1.64. The molecule has 3 rings (SSSR count). The molecule has 1 heterocycles. The van der Waals surface area contributed by atoms with E-state index in [1.54, 1.807) is 11.8 Å². The van der Waals surface area contributed by atoms with Gasteiger partial charge in [0.05, 0.1) is 5.41 Å². The first-order chi connectivity index (χ1) is 8.03. The van der Waals surface area contributed by atoms with Gasteiger partial charge in [0, 0.05) is 19.0 Å². The van der Waals surface area contributed by atoms with E-state index in [0.29, 0.717) is 31.3 Å². The van der Waals surface area contributed by atoms with E-state index in [1.165, 1.54) is 19.3 Å². The minimum absolute atomic E-state index is 0.227. The van der Waals surface area contributed by atoms with Gasteiger partial charge in [-0.25, -0.2) is 0 Å². The van der Waals surface area contributed by atoms with Crippen LogP contribution in [0, 0.1) is 23.2 Å². The van der Waals surface area contributed by atoms with Crippen molar-refractivity contribution in [3.8, 4) is 0 Å². The van der Waals surface area contributed by atoms with Crippen LogP contribution in [0.5, 0.6) is 0 Å². The topological polar surface area (TPSA) is 57.6 Å². The number of fused-ring (bicyclic) bond motifs is 1. The number of carboxylic acid groups (broad SMARTS) is 1. The average Bonchev–Trinajstić information content (AvgIpc) is 2.69. The van der Waals surface area contributed by atoms with Crippen LogP contribution < -0.4 is 0 Å². The van der Waals surface area contributed by atoms with Gasteiger partial charge < -0.3 is 10.0 Å². The Morgan fingerprint density at radius 1 is 1.29 bits per heavy atom. The van der Waals surface area contributed by atoms with Gasteiger partial charge in [-0.3, -0.25) is 9.59 Å². The highest BCUT2D eigenvalue weighted by Crippen LogP contribution is 2.58. The van der Waals surface area contributed by atoms with Crippen LogP contribution in [-0.4, -0.2) is 35.0 Å². The van der Waals surface area contributed by atoms with Crippen LogP contribution >= 0.6 is 0 Å². The Labute approximate surface area is 101 Å². The van der Waals surface area contributed by atoms with E-state index in [2.05, 4.69) is 0 Å². The summed E-state index contributed by atoms with van der Waals surface area (Å²) in [6.45, 7) is 2.77. The fourth-order valence-electron chi connectivity index (χ4n) is 3.72. The van der Waals surface area contributed by atoms with E-state index in [1.807, 2.05) is 0 Å². The van der Waals surface area contributed by atoms with Gasteiger partial charge in [-0.15, -0.1) is 0 Å². The molecule has 94 valence electrons. The fourth-order valence-corrected chi connectivity index (χ4v) is 3.72. The summed E-state index contributed by atoms with van der Waals surface area (Å²) >= 11 is 0. The lowest BCUT2D eigenvalue weighted by Gasteiger charge is -2.20. The summed E-state index contributed by atoms with van der Waals surface area (Å²) in [5.74, 6) is 0.937. The summed E-state index contributed by atoms with van der Waals surface area (Å²) in [5.41, 5.74) is -0.723. The highest BCUT2D eigenvalue weighted by atomic mass is 16.4. The average molecular weight is 237 g/mol. The smallest absolute Gasteiger partial charge is 0.311 e. The summed E-state index contributed by atoms with van der Waals surface area (Å²) in [7, 11) is 0. The number of hydrogen-bond acceptors (Lipinski definition) is 2. The maximum Gasteiger partial charge on any atom is 0.311 e. The third-order valence-electron chi connectivity index (χ3n) is 4.99. The third-order valence-corrected chi connectivity index (χ3v) is 4.99. The number of carbonyl (C=O) groups excluding carboxylic acids is 1. The highest BCUT2D eigenvalue weighted by Gasteiger charge is 2.58.